The molecule has 2 heterocycles. The number of aromatic nitrogens is 2. The van der Waals surface area contributed by atoms with Crippen LogP contribution in [-0.2, 0) is 17.1 Å². The van der Waals surface area contributed by atoms with Crippen molar-refractivity contribution in [2.24, 2.45) is 12.5 Å². The van der Waals surface area contributed by atoms with Gasteiger partial charge in [-0.05, 0) is 18.3 Å². The summed E-state index contributed by atoms with van der Waals surface area (Å²) in [5, 5.41) is 0.109. The van der Waals surface area contributed by atoms with Gasteiger partial charge in [0, 0.05) is 20.1 Å². The normalized spacial score (nSPS) is 20.1. The van der Waals surface area contributed by atoms with E-state index in [2.05, 4.69) is 18.8 Å². The van der Waals surface area contributed by atoms with Crippen molar-refractivity contribution in [3.05, 3.63) is 6.33 Å². The molecular weight excluding hydrogens is 276 g/mol. The van der Waals surface area contributed by atoms with E-state index in [9.17, 15) is 8.42 Å². The van der Waals surface area contributed by atoms with Gasteiger partial charge >= 0.3 is 0 Å². The molecule has 0 spiro atoms. The molecule has 1 aromatic heterocycles. The number of piperidine rings is 1. The molecule has 0 atom stereocenters. The van der Waals surface area contributed by atoms with E-state index in [1.807, 2.05) is 0 Å². The van der Waals surface area contributed by atoms with Crippen LogP contribution >= 0.6 is 0 Å². The van der Waals surface area contributed by atoms with Gasteiger partial charge in [0.25, 0.3) is 10.0 Å². The number of imidazole rings is 1. The van der Waals surface area contributed by atoms with Gasteiger partial charge in [0.15, 0.2) is 10.8 Å². The Hall–Kier alpha value is -1.08. The summed E-state index contributed by atoms with van der Waals surface area (Å²) in [5.74, 6) is 0.0790. The van der Waals surface area contributed by atoms with E-state index in [0.29, 0.717) is 18.5 Å². The fourth-order valence-corrected chi connectivity index (χ4v) is 4.67. The van der Waals surface area contributed by atoms with Crippen LogP contribution in [0.5, 0.6) is 0 Å². The first-order chi connectivity index (χ1) is 9.36. The number of hydrogen-bond donors (Lipinski definition) is 1. The largest absolute Gasteiger partial charge is 0.381 e. The average Bonchev–Trinajstić information content (AvgIpc) is 2.78. The van der Waals surface area contributed by atoms with Gasteiger partial charge in [0.1, 0.15) is 0 Å². The van der Waals surface area contributed by atoms with Crippen LogP contribution in [0.25, 0.3) is 0 Å². The number of anilines is 1. The minimum Gasteiger partial charge on any atom is -0.381 e. The van der Waals surface area contributed by atoms with Crippen LogP contribution < -0.4 is 5.73 Å². The third-order valence-electron chi connectivity index (χ3n) is 4.78. The number of sulfonamides is 1. The van der Waals surface area contributed by atoms with Gasteiger partial charge < -0.3 is 10.3 Å². The first-order valence-corrected chi connectivity index (χ1v) is 8.57. The lowest BCUT2D eigenvalue weighted by Gasteiger charge is -2.40. The van der Waals surface area contributed by atoms with Gasteiger partial charge in [-0.15, -0.1) is 0 Å². The van der Waals surface area contributed by atoms with Gasteiger partial charge in [-0.2, -0.15) is 4.31 Å². The standard InChI is InChI=1S/C13H24N4O2S/c1-4-13(5-2)6-8-17(9-7-13)20(18,19)12-11(14)15-10-16(12)3/h10H,4-9,14H2,1-3H3. The lowest BCUT2D eigenvalue weighted by Crippen LogP contribution is -2.43. The molecule has 1 fully saturated rings. The second-order valence-electron chi connectivity index (χ2n) is 5.66. The van der Waals surface area contributed by atoms with Crippen LogP contribution in [0.4, 0.5) is 5.82 Å². The molecule has 2 N–H and O–H groups in total. The molecule has 2 rings (SSSR count). The fourth-order valence-electron chi connectivity index (χ4n) is 3.03. The number of nitrogen functional groups attached to an aromatic ring is 1. The Balaban J connectivity index is 2.22. The second-order valence-corrected chi connectivity index (χ2v) is 7.51. The van der Waals surface area contributed by atoms with Crippen molar-refractivity contribution < 1.29 is 8.42 Å². The Morgan fingerprint density at radius 2 is 1.85 bits per heavy atom. The maximum atomic E-state index is 12.7. The van der Waals surface area contributed by atoms with Gasteiger partial charge in [-0.1, -0.05) is 26.7 Å². The lowest BCUT2D eigenvalue weighted by molar-refractivity contribution is 0.141. The van der Waals surface area contributed by atoms with E-state index in [-0.39, 0.29) is 10.8 Å². The summed E-state index contributed by atoms with van der Waals surface area (Å²) in [6.07, 6.45) is 5.47. The molecule has 0 unspecified atom stereocenters. The minimum atomic E-state index is -3.54. The summed E-state index contributed by atoms with van der Waals surface area (Å²) in [6.45, 7) is 5.50. The highest BCUT2D eigenvalue weighted by atomic mass is 32.2. The summed E-state index contributed by atoms with van der Waals surface area (Å²) in [6, 6.07) is 0. The zero-order chi connectivity index (χ0) is 15.0. The second kappa shape index (κ2) is 5.37. The molecule has 6 nitrogen and oxygen atoms in total. The molecule has 0 saturated carbocycles. The zero-order valence-electron chi connectivity index (χ0n) is 12.5. The number of nitrogens with zero attached hydrogens (tertiary/aromatic N) is 3. The summed E-state index contributed by atoms with van der Waals surface area (Å²) in [5.41, 5.74) is 6.00. The van der Waals surface area contributed by atoms with Gasteiger partial charge in [0.05, 0.1) is 6.33 Å². The Kier molecular flexibility index (Phi) is 4.11. The monoisotopic (exact) mass is 300 g/mol. The number of rotatable bonds is 4. The Morgan fingerprint density at radius 3 is 2.25 bits per heavy atom. The molecule has 0 amide bonds. The summed E-state index contributed by atoms with van der Waals surface area (Å²) < 4.78 is 28.3. The highest BCUT2D eigenvalue weighted by Crippen LogP contribution is 2.39. The van der Waals surface area contributed by atoms with Crippen molar-refractivity contribution in [3.63, 3.8) is 0 Å². The summed E-state index contributed by atoms with van der Waals surface area (Å²) >= 11 is 0. The van der Waals surface area contributed by atoms with E-state index in [4.69, 9.17) is 5.73 Å². The maximum Gasteiger partial charge on any atom is 0.262 e. The van der Waals surface area contributed by atoms with Gasteiger partial charge in [0.2, 0.25) is 0 Å². The van der Waals surface area contributed by atoms with Crippen molar-refractivity contribution in [3.8, 4) is 0 Å². The minimum absolute atomic E-state index is 0.0790. The molecule has 1 saturated heterocycles. The molecule has 0 aliphatic carbocycles. The average molecular weight is 300 g/mol. The fraction of sp³-hybridized carbons (Fsp3) is 0.769. The van der Waals surface area contributed by atoms with E-state index in [1.165, 1.54) is 10.9 Å². The highest BCUT2D eigenvalue weighted by molar-refractivity contribution is 7.89. The van der Waals surface area contributed by atoms with Crippen molar-refractivity contribution in [1.29, 1.82) is 0 Å². The predicted octanol–water partition coefficient (Wildman–Crippen LogP) is 1.59. The summed E-state index contributed by atoms with van der Waals surface area (Å²) in [4.78, 5) is 3.87. The first-order valence-electron chi connectivity index (χ1n) is 7.13. The zero-order valence-corrected chi connectivity index (χ0v) is 13.3. The van der Waals surface area contributed by atoms with Crippen LogP contribution in [0.1, 0.15) is 39.5 Å². The molecule has 1 aliphatic rings. The predicted molar refractivity (Wildman–Crippen MR) is 78.6 cm³/mol. The SMILES string of the molecule is CCC1(CC)CCN(S(=O)(=O)c2c(N)ncn2C)CC1. The van der Waals surface area contributed by atoms with Gasteiger partial charge in [-0.25, -0.2) is 13.4 Å². The maximum absolute atomic E-state index is 12.7. The molecule has 0 radical (unpaired) electrons. The third-order valence-corrected chi connectivity index (χ3v) is 6.81. The molecule has 0 bridgehead atoms. The Labute approximate surface area is 121 Å². The van der Waals surface area contributed by atoms with Crippen molar-refractivity contribution >= 4 is 15.8 Å². The van der Waals surface area contributed by atoms with Crippen molar-refractivity contribution in [1.82, 2.24) is 13.9 Å². The number of aryl methyl sites for hydroxylation is 1. The van der Waals surface area contributed by atoms with E-state index < -0.39 is 10.0 Å². The molecule has 1 aliphatic heterocycles. The molecule has 114 valence electrons. The van der Waals surface area contributed by atoms with E-state index in [0.717, 1.165) is 25.7 Å². The topological polar surface area (TPSA) is 81.2 Å². The molecule has 0 aromatic carbocycles. The van der Waals surface area contributed by atoms with Crippen LogP contribution in [0.2, 0.25) is 0 Å². The molecule has 7 heteroatoms. The van der Waals surface area contributed by atoms with Crippen molar-refractivity contribution in [2.75, 3.05) is 18.8 Å². The number of hydrogen-bond acceptors (Lipinski definition) is 4. The van der Waals surface area contributed by atoms with Crippen LogP contribution in [0.3, 0.4) is 0 Å². The Morgan fingerprint density at radius 1 is 1.30 bits per heavy atom. The van der Waals surface area contributed by atoms with Crippen LogP contribution in [0.15, 0.2) is 11.4 Å². The smallest absolute Gasteiger partial charge is 0.262 e. The van der Waals surface area contributed by atoms with E-state index in [1.54, 1.807) is 11.4 Å². The highest BCUT2D eigenvalue weighted by Gasteiger charge is 2.38. The van der Waals surface area contributed by atoms with Crippen LogP contribution in [0, 0.1) is 5.41 Å². The van der Waals surface area contributed by atoms with Crippen molar-refractivity contribution in [2.45, 2.75) is 44.6 Å². The van der Waals surface area contributed by atoms with E-state index >= 15 is 0 Å². The quantitative estimate of drug-likeness (QED) is 0.915. The third kappa shape index (κ3) is 2.44. The lowest BCUT2D eigenvalue weighted by atomic mass is 9.75. The number of nitrogens with two attached hydrogens (primary N) is 1. The molecule has 20 heavy (non-hydrogen) atoms. The first kappa shape index (κ1) is 15.3. The Bertz CT molecular complexity index is 546. The van der Waals surface area contributed by atoms with Crippen LogP contribution in [-0.4, -0.2) is 35.4 Å². The van der Waals surface area contributed by atoms with Gasteiger partial charge in [-0.3, -0.25) is 0 Å². The summed E-state index contributed by atoms with van der Waals surface area (Å²) in [7, 11) is -1.88. The molecular formula is C13H24N4O2S. The molecule has 1 aromatic rings.